The maximum Gasteiger partial charge on any atom is 0.179 e. The van der Waals surface area contributed by atoms with Crippen LogP contribution in [0.15, 0.2) is 24.3 Å². The molecule has 1 aromatic carbocycles. The van der Waals surface area contributed by atoms with Gasteiger partial charge in [0.25, 0.3) is 0 Å². The number of aryl methyl sites for hydroxylation is 1. The zero-order valence-corrected chi connectivity index (χ0v) is 12.2. The summed E-state index contributed by atoms with van der Waals surface area (Å²) in [6, 6.07) is 6.59. The first-order valence-corrected chi connectivity index (χ1v) is 8.46. The highest BCUT2D eigenvalue weighted by molar-refractivity contribution is 7.90. The number of hydrogen-bond acceptors (Lipinski definition) is 4. The predicted molar refractivity (Wildman–Crippen MR) is 77.1 cm³/mol. The van der Waals surface area contributed by atoms with Crippen molar-refractivity contribution in [2.75, 3.05) is 12.0 Å². The zero-order chi connectivity index (χ0) is 14.5. The molecule has 0 aliphatic carbocycles. The van der Waals surface area contributed by atoms with Crippen LogP contribution in [0.4, 0.5) is 0 Å². The largest absolute Gasteiger partial charge is 0.321 e. The molecule has 0 aliphatic heterocycles. The molecule has 0 aliphatic rings. The third-order valence-electron chi connectivity index (χ3n) is 2.91. The molecular formula is C14H21NO3S. The third kappa shape index (κ3) is 5.53. The van der Waals surface area contributed by atoms with E-state index in [4.69, 9.17) is 5.73 Å². The van der Waals surface area contributed by atoms with E-state index < -0.39 is 15.9 Å². The molecule has 1 atom stereocenters. The minimum absolute atomic E-state index is 0.0617. The summed E-state index contributed by atoms with van der Waals surface area (Å²) >= 11 is 0. The molecule has 4 nitrogen and oxygen atoms in total. The second-order valence-electron chi connectivity index (χ2n) is 4.84. The second kappa shape index (κ2) is 6.82. The highest BCUT2D eigenvalue weighted by Gasteiger charge is 2.17. The van der Waals surface area contributed by atoms with E-state index in [1.807, 2.05) is 12.1 Å². The Labute approximate surface area is 114 Å². The van der Waals surface area contributed by atoms with Crippen molar-refractivity contribution in [2.24, 2.45) is 5.73 Å². The van der Waals surface area contributed by atoms with Crippen LogP contribution in [0, 0.1) is 0 Å². The number of nitrogens with two attached hydrogens (primary N) is 1. The fourth-order valence-corrected chi connectivity index (χ4v) is 2.49. The minimum Gasteiger partial charge on any atom is -0.321 e. The summed E-state index contributed by atoms with van der Waals surface area (Å²) in [4.78, 5) is 12.0. The summed E-state index contributed by atoms with van der Waals surface area (Å²) in [7, 11) is -3.08. The molecule has 0 amide bonds. The molecule has 2 N–H and O–H groups in total. The van der Waals surface area contributed by atoms with Gasteiger partial charge in [-0.05, 0) is 18.4 Å². The first-order valence-electron chi connectivity index (χ1n) is 6.40. The molecule has 106 valence electrons. The monoisotopic (exact) mass is 283 g/mol. The number of Topliss-reactive ketones (excluding diaryl/α,β-unsaturated/α-hetero) is 1. The predicted octanol–water partition coefficient (Wildman–Crippen LogP) is 1.58. The Kier molecular flexibility index (Phi) is 5.69. The maximum absolute atomic E-state index is 12.0. The Balaban J connectivity index is 2.66. The Morgan fingerprint density at radius 3 is 2.32 bits per heavy atom. The van der Waals surface area contributed by atoms with Gasteiger partial charge in [-0.3, -0.25) is 4.79 Å². The Bertz CT molecular complexity index is 520. The summed E-state index contributed by atoms with van der Waals surface area (Å²) in [6.07, 6.45) is 3.34. The number of rotatable bonds is 7. The second-order valence-corrected chi connectivity index (χ2v) is 7.10. The third-order valence-corrected chi connectivity index (χ3v) is 3.89. The molecular weight excluding hydrogens is 262 g/mol. The molecule has 5 heteroatoms. The lowest BCUT2D eigenvalue weighted by Crippen LogP contribution is -2.32. The van der Waals surface area contributed by atoms with Crippen LogP contribution in [-0.2, 0) is 16.3 Å². The maximum atomic E-state index is 12.0. The normalized spacial score (nSPS) is 13.2. The van der Waals surface area contributed by atoms with E-state index in [0.717, 1.165) is 19.1 Å². The Morgan fingerprint density at radius 1 is 1.26 bits per heavy atom. The molecule has 19 heavy (non-hydrogen) atoms. The van der Waals surface area contributed by atoms with Crippen LogP contribution < -0.4 is 5.73 Å². The SMILES string of the molecule is CCCc1ccc(C(=O)C(N)CCS(C)(=O)=O)cc1. The van der Waals surface area contributed by atoms with Crippen molar-refractivity contribution in [3.8, 4) is 0 Å². The zero-order valence-electron chi connectivity index (χ0n) is 11.4. The lowest BCUT2D eigenvalue weighted by Gasteiger charge is -2.10. The molecule has 0 saturated carbocycles. The summed E-state index contributed by atoms with van der Waals surface area (Å²) < 4.78 is 22.1. The van der Waals surface area contributed by atoms with Gasteiger partial charge in [-0.1, -0.05) is 37.6 Å². The minimum atomic E-state index is -3.08. The van der Waals surface area contributed by atoms with Crippen molar-refractivity contribution in [2.45, 2.75) is 32.2 Å². The number of benzene rings is 1. The summed E-state index contributed by atoms with van der Waals surface area (Å²) in [5.74, 6) is -0.264. The summed E-state index contributed by atoms with van der Waals surface area (Å²) in [5.41, 5.74) is 7.47. The first-order chi connectivity index (χ1) is 8.83. The summed E-state index contributed by atoms with van der Waals surface area (Å²) in [6.45, 7) is 2.10. The molecule has 0 aromatic heterocycles. The average molecular weight is 283 g/mol. The first kappa shape index (κ1) is 15.9. The molecule has 0 spiro atoms. The number of carbonyl (C=O) groups excluding carboxylic acids is 1. The lowest BCUT2D eigenvalue weighted by atomic mass is 10.0. The molecule has 0 radical (unpaired) electrons. The van der Waals surface area contributed by atoms with E-state index >= 15 is 0 Å². The van der Waals surface area contributed by atoms with Crippen molar-refractivity contribution >= 4 is 15.6 Å². The van der Waals surface area contributed by atoms with Crippen LogP contribution in [0.2, 0.25) is 0 Å². The molecule has 0 bridgehead atoms. The van der Waals surface area contributed by atoms with Gasteiger partial charge < -0.3 is 5.73 Å². The van der Waals surface area contributed by atoms with Gasteiger partial charge in [0.15, 0.2) is 5.78 Å². The molecule has 1 unspecified atom stereocenters. The lowest BCUT2D eigenvalue weighted by molar-refractivity contribution is 0.0960. The quantitative estimate of drug-likeness (QED) is 0.771. The van der Waals surface area contributed by atoms with Gasteiger partial charge in [-0.2, -0.15) is 0 Å². The molecule has 1 aromatic rings. The van der Waals surface area contributed by atoms with Crippen molar-refractivity contribution in [3.63, 3.8) is 0 Å². The number of sulfone groups is 1. The van der Waals surface area contributed by atoms with E-state index in [2.05, 4.69) is 6.92 Å². The molecule has 0 fully saturated rings. The standard InChI is InChI=1S/C14H21NO3S/c1-3-4-11-5-7-12(8-6-11)14(16)13(15)9-10-19(2,17)18/h5-8,13H,3-4,9-10,15H2,1-2H3. The number of carbonyl (C=O) groups is 1. The van der Waals surface area contributed by atoms with Gasteiger partial charge in [0.2, 0.25) is 0 Å². The van der Waals surface area contributed by atoms with Gasteiger partial charge in [-0.15, -0.1) is 0 Å². The van der Waals surface area contributed by atoms with Gasteiger partial charge in [0, 0.05) is 11.8 Å². The van der Waals surface area contributed by atoms with Crippen LogP contribution >= 0.6 is 0 Å². The number of hydrogen-bond donors (Lipinski definition) is 1. The van der Waals surface area contributed by atoms with Crippen LogP contribution in [0.25, 0.3) is 0 Å². The van der Waals surface area contributed by atoms with Crippen molar-refractivity contribution < 1.29 is 13.2 Å². The fraction of sp³-hybridized carbons (Fsp3) is 0.500. The average Bonchev–Trinajstić information content (AvgIpc) is 2.35. The van der Waals surface area contributed by atoms with Crippen molar-refractivity contribution in [1.29, 1.82) is 0 Å². The van der Waals surface area contributed by atoms with Gasteiger partial charge in [0.1, 0.15) is 9.84 Å². The van der Waals surface area contributed by atoms with E-state index in [-0.39, 0.29) is 18.0 Å². The molecule has 0 saturated heterocycles. The Morgan fingerprint density at radius 2 is 1.84 bits per heavy atom. The van der Waals surface area contributed by atoms with Gasteiger partial charge in [-0.25, -0.2) is 8.42 Å². The number of ketones is 1. The van der Waals surface area contributed by atoms with Crippen LogP contribution in [0.3, 0.4) is 0 Å². The van der Waals surface area contributed by atoms with E-state index in [9.17, 15) is 13.2 Å². The highest BCUT2D eigenvalue weighted by Crippen LogP contribution is 2.10. The van der Waals surface area contributed by atoms with E-state index in [1.54, 1.807) is 12.1 Å². The fourth-order valence-electron chi connectivity index (χ4n) is 1.81. The topological polar surface area (TPSA) is 77.2 Å². The Hall–Kier alpha value is -1.20. The van der Waals surface area contributed by atoms with Crippen LogP contribution in [-0.4, -0.2) is 32.3 Å². The molecule has 0 heterocycles. The van der Waals surface area contributed by atoms with Crippen molar-refractivity contribution in [3.05, 3.63) is 35.4 Å². The van der Waals surface area contributed by atoms with Gasteiger partial charge >= 0.3 is 0 Å². The van der Waals surface area contributed by atoms with Crippen molar-refractivity contribution in [1.82, 2.24) is 0 Å². The van der Waals surface area contributed by atoms with E-state index in [0.29, 0.717) is 5.56 Å². The van der Waals surface area contributed by atoms with Crippen LogP contribution in [0.1, 0.15) is 35.7 Å². The van der Waals surface area contributed by atoms with Gasteiger partial charge in [0.05, 0.1) is 11.8 Å². The van der Waals surface area contributed by atoms with E-state index in [1.165, 1.54) is 5.56 Å². The smallest absolute Gasteiger partial charge is 0.179 e. The molecule has 1 rings (SSSR count). The van der Waals surface area contributed by atoms with Crippen LogP contribution in [0.5, 0.6) is 0 Å². The highest BCUT2D eigenvalue weighted by atomic mass is 32.2. The summed E-state index contributed by atoms with van der Waals surface area (Å²) in [5, 5.41) is 0.